The number of aliphatic hydroxyl groups is 3. The highest BCUT2D eigenvalue weighted by Crippen LogP contribution is 2.74. The summed E-state index contributed by atoms with van der Waals surface area (Å²) in [6.07, 6.45) is 8.34. The molecule has 0 saturated heterocycles. The largest absolute Gasteiger partial charge is 0.393 e. The number of nitrogens with one attached hydrogen (secondary N) is 1. The van der Waals surface area contributed by atoms with E-state index in [0.717, 1.165) is 25.7 Å². The summed E-state index contributed by atoms with van der Waals surface area (Å²) in [7, 11) is 0. The van der Waals surface area contributed by atoms with Crippen LogP contribution >= 0.6 is 0 Å². The molecule has 0 aliphatic heterocycles. The van der Waals surface area contributed by atoms with Gasteiger partial charge in [-0.2, -0.15) is 0 Å². The van der Waals surface area contributed by atoms with E-state index in [0.29, 0.717) is 36.0 Å². The Kier molecular flexibility index (Phi) is 7.25. The van der Waals surface area contributed by atoms with Gasteiger partial charge in [0.2, 0.25) is 0 Å². The van der Waals surface area contributed by atoms with Crippen LogP contribution in [0, 0.1) is 39.9 Å². The van der Waals surface area contributed by atoms with Crippen LogP contribution in [0.15, 0.2) is 29.8 Å². The highest BCUT2D eigenvalue weighted by Gasteiger charge is 2.70. The third kappa shape index (κ3) is 4.32. The smallest absolute Gasteiger partial charge is 0.0849 e. The second-order valence-electron chi connectivity index (χ2n) is 17.6. The summed E-state index contributed by atoms with van der Waals surface area (Å²) < 4.78 is 0. The van der Waals surface area contributed by atoms with Crippen molar-refractivity contribution >= 4 is 10.9 Å². The van der Waals surface area contributed by atoms with Gasteiger partial charge < -0.3 is 20.3 Å². The van der Waals surface area contributed by atoms with Gasteiger partial charge in [-0.3, -0.25) is 0 Å². The maximum absolute atomic E-state index is 12.4. The zero-order valence-electron chi connectivity index (χ0n) is 28.6. The summed E-state index contributed by atoms with van der Waals surface area (Å²) in [6.45, 7) is 22.6. The Bertz CT molecular complexity index is 1430. The van der Waals surface area contributed by atoms with Gasteiger partial charge in [0.25, 0.3) is 0 Å². The molecule has 1 aromatic heterocycles. The van der Waals surface area contributed by atoms with Gasteiger partial charge in [-0.25, -0.2) is 0 Å². The predicted molar refractivity (Wildman–Crippen MR) is 177 cm³/mol. The van der Waals surface area contributed by atoms with E-state index in [-0.39, 0.29) is 27.8 Å². The fourth-order valence-electron chi connectivity index (χ4n) is 11.3. The second-order valence-corrected chi connectivity index (χ2v) is 17.6. The van der Waals surface area contributed by atoms with Crippen molar-refractivity contribution in [2.24, 2.45) is 39.9 Å². The first-order valence-corrected chi connectivity index (χ1v) is 17.3. The van der Waals surface area contributed by atoms with E-state index in [1.165, 1.54) is 46.1 Å². The highest BCUT2D eigenvalue weighted by atomic mass is 16.3. The molecule has 2 saturated carbocycles. The van der Waals surface area contributed by atoms with Crippen LogP contribution in [-0.2, 0) is 11.8 Å². The van der Waals surface area contributed by atoms with Crippen molar-refractivity contribution in [1.82, 2.24) is 4.98 Å². The van der Waals surface area contributed by atoms with Gasteiger partial charge >= 0.3 is 0 Å². The van der Waals surface area contributed by atoms with Crippen LogP contribution in [-0.4, -0.2) is 38.1 Å². The van der Waals surface area contributed by atoms with Crippen LogP contribution in [0.3, 0.4) is 0 Å². The summed E-state index contributed by atoms with van der Waals surface area (Å²) in [5, 5.41) is 34.7. The predicted octanol–water partition coefficient (Wildman–Crippen LogP) is 8.43. The van der Waals surface area contributed by atoms with E-state index in [4.69, 9.17) is 0 Å². The Morgan fingerprint density at radius 3 is 2.37 bits per heavy atom. The normalized spacial score (nSPS) is 38.2. The number of benzene rings is 1. The third-order valence-electron chi connectivity index (χ3n) is 14.4. The third-order valence-corrected chi connectivity index (χ3v) is 14.4. The average Bonchev–Trinajstić information content (AvgIpc) is 3.42. The summed E-state index contributed by atoms with van der Waals surface area (Å²) in [5.41, 5.74) is 5.85. The number of allylic oxidation sites excluding steroid dienone is 2. The monoisotopic (exact) mass is 589 g/mol. The number of fused-ring (bicyclic) bond motifs is 8. The molecule has 0 amide bonds. The van der Waals surface area contributed by atoms with Gasteiger partial charge in [0.05, 0.1) is 17.8 Å². The van der Waals surface area contributed by atoms with Crippen LogP contribution in [0.4, 0.5) is 0 Å². The van der Waals surface area contributed by atoms with Gasteiger partial charge in [-0.05, 0) is 122 Å². The van der Waals surface area contributed by atoms with E-state index >= 15 is 0 Å². The summed E-state index contributed by atoms with van der Waals surface area (Å²) in [4.78, 5) is 3.86. The van der Waals surface area contributed by atoms with Crippen LogP contribution in [0.2, 0.25) is 0 Å². The quantitative estimate of drug-likeness (QED) is 0.256. The van der Waals surface area contributed by atoms with Gasteiger partial charge in [-0.15, -0.1) is 0 Å². The summed E-state index contributed by atoms with van der Waals surface area (Å²) in [6, 6.07) is 6.99. The number of hydrogen-bond acceptors (Lipinski definition) is 3. The molecular formula is C39H59NO3. The molecule has 0 spiro atoms. The van der Waals surface area contributed by atoms with Crippen LogP contribution in [0.1, 0.15) is 131 Å². The molecule has 4 N–H and O–H groups in total. The Morgan fingerprint density at radius 1 is 1.02 bits per heavy atom. The van der Waals surface area contributed by atoms with Crippen molar-refractivity contribution in [3.05, 3.63) is 46.7 Å². The van der Waals surface area contributed by atoms with Crippen LogP contribution in [0.5, 0.6) is 0 Å². The number of aliphatic hydroxyl groups excluding tert-OH is 2. The minimum Gasteiger partial charge on any atom is -0.393 e. The second kappa shape index (κ2) is 9.94. The Hall–Kier alpha value is -1.62. The maximum atomic E-state index is 12.4. The molecule has 2 fully saturated rings. The highest BCUT2D eigenvalue weighted by molar-refractivity contribution is 5.87. The van der Waals surface area contributed by atoms with Crippen molar-refractivity contribution in [2.75, 3.05) is 0 Å². The Labute approximate surface area is 260 Å². The Balaban J connectivity index is 1.36. The fraction of sp³-hybridized carbons (Fsp3) is 0.744. The average molecular weight is 590 g/mol. The van der Waals surface area contributed by atoms with Crippen molar-refractivity contribution in [3.63, 3.8) is 0 Å². The fourth-order valence-corrected chi connectivity index (χ4v) is 11.3. The lowest BCUT2D eigenvalue weighted by Crippen LogP contribution is -2.64. The first-order chi connectivity index (χ1) is 19.9. The summed E-state index contributed by atoms with van der Waals surface area (Å²) in [5.74, 6) is 2.19. The van der Waals surface area contributed by atoms with E-state index in [9.17, 15) is 15.3 Å². The molecular weight excluding hydrogens is 530 g/mol. The number of H-pyrrole nitrogens is 1. The molecule has 43 heavy (non-hydrogen) atoms. The molecule has 1 aromatic carbocycles. The van der Waals surface area contributed by atoms with E-state index in [1.54, 1.807) is 13.8 Å². The molecule has 4 aliphatic rings. The standard InChI is InChI=1S/C39H59NO3/c1-22(2)24-12-14-30-25(19-24)26-20-29-28(35(4,5)34(26)40-30)13-15-31-37(8)18-17-27(23(3)11-16-32(41)36(6,7)43)38(37,9)21-33(42)39(29,31)10/h12-14,19,22-23,27,29,31-33,40-43H,11,15-18,20-21H2,1-10H3/t23-,27-,29-,31+,32-,33-,37+,38-,39+/m1/s1. The molecule has 238 valence electrons. The van der Waals surface area contributed by atoms with Crippen molar-refractivity contribution < 1.29 is 15.3 Å². The molecule has 2 aromatic rings. The summed E-state index contributed by atoms with van der Waals surface area (Å²) >= 11 is 0. The molecule has 9 atom stereocenters. The van der Waals surface area contributed by atoms with Crippen molar-refractivity contribution in [1.29, 1.82) is 0 Å². The molecule has 4 aliphatic carbocycles. The lowest BCUT2D eigenvalue weighted by Gasteiger charge is -2.67. The van der Waals surface area contributed by atoms with Crippen molar-refractivity contribution in [3.8, 4) is 0 Å². The molecule has 0 bridgehead atoms. The SMILES string of the molecule is CC(C)c1ccc2[nH]c3c(c2c1)C[C@@H]1C(=CC[C@@H]2[C@@]1(C)[C@H](O)C[C@]1(C)[C@@H]([C@H](C)CC[C@@H](O)C(C)(C)O)CC[C@@]21C)C3(C)C. The minimum atomic E-state index is -1.07. The first kappa shape index (κ1) is 31.4. The lowest BCUT2D eigenvalue weighted by molar-refractivity contribution is -0.198. The van der Waals surface area contributed by atoms with Crippen molar-refractivity contribution in [2.45, 2.75) is 143 Å². The lowest BCUT2D eigenvalue weighted by atomic mass is 9.38. The maximum Gasteiger partial charge on any atom is 0.0849 e. The minimum absolute atomic E-state index is 0.0450. The topological polar surface area (TPSA) is 76.5 Å². The van der Waals surface area contributed by atoms with E-state index < -0.39 is 11.7 Å². The van der Waals surface area contributed by atoms with Gasteiger partial charge in [0.1, 0.15) is 0 Å². The molecule has 1 heterocycles. The van der Waals surface area contributed by atoms with E-state index in [1.807, 2.05) is 0 Å². The van der Waals surface area contributed by atoms with Gasteiger partial charge in [0, 0.05) is 27.4 Å². The number of aromatic nitrogens is 1. The Morgan fingerprint density at radius 2 is 1.72 bits per heavy atom. The molecule has 0 unspecified atom stereocenters. The molecule has 4 nitrogen and oxygen atoms in total. The molecule has 4 heteroatoms. The van der Waals surface area contributed by atoms with Gasteiger partial charge in [-0.1, -0.05) is 73.1 Å². The molecule has 0 radical (unpaired) electrons. The van der Waals surface area contributed by atoms with Crippen LogP contribution in [0.25, 0.3) is 10.9 Å². The van der Waals surface area contributed by atoms with E-state index in [2.05, 4.69) is 84.6 Å². The first-order valence-electron chi connectivity index (χ1n) is 17.3. The number of aromatic amines is 1. The number of hydrogen-bond donors (Lipinski definition) is 4. The number of rotatable bonds is 6. The zero-order valence-corrected chi connectivity index (χ0v) is 28.6. The molecule has 6 rings (SSSR count). The van der Waals surface area contributed by atoms with Gasteiger partial charge in [0.15, 0.2) is 0 Å². The van der Waals surface area contributed by atoms with Crippen LogP contribution < -0.4 is 0 Å². The zero-order chi connectivity index (χ0) is 31.5.